The smallest absolute Gasteiger partial charge is 0.223 e. The minimum atomic E-state index is -0.205. The summed E-state index contributed by atoms with van der Waals surface area (Å²) in [4.78, 5) is 12.1. The second kappa shape index (κ2) is 7.63. The average molecular weight is 230 g/mol. The van der Waals surface area contributed by atoms with E-state index >= 15 is 0 Å². The first kappa shape index (κ1) is 14.4. The van der Waals surface area contributed by atoms with Crippen molar-refractivity contribution in [2.24, 2.45) is 11.7 Å². The Morgan fingerprint density at radius 2 is 2.07 bits per heavy atom. The molecule has 3 nitrogen and oxygen atoms in total. The Hall–Kier alpha value is -0.640. The summed E-state index contributed by atoms with van der Waals surface area (Å²) in [6.45, 7) is 5.97. The van der Waals surface area contributed by atoms with E-state index in [1.807, 2.05) is 13.8 Å². The van der Waals surface area contributed by atoms with Crippen molar-refractivity contribution in [3.05, 3.63) is 0 Å². The first-order chi connectivity index (χ1) is 7.02. The highest BCUT2D eigenvalue weighted by Gasteiger charge is 2.18. The molecular formula is C11H22N2OS. The van der Waals surface area contributed by atoms with E-state index in [4.69, 9.17) is 18.0 Å². The van der Waals surface area contributed by atoms with Crippen LogP contribution in [0, 0.1) is 5.92 Å². The summed E-state index contributed by atoms with van der Waals surface area (Å²) in [6, 6.07) is -0.205. The van der Waals surface area contributed by atoms with Crippen LogP contribution in [0.3, 0.4) is 0 Å². The Balaban J connectivity index is 4.09. The predicted molar refractivity (Wildman–Crippen MR) is 67.7 cm³/mol. The molecule has 0 spiro atoms. The molecule has 15 heavy (non-hydrogen) atoms. The van der Waals surface area contributed by atoms with Gasteiger partial charge in [0, 0.05) is 5.92 Å². The summed E-state index contributed by atoms with van der Waals surface area (Å²) in [5, 5.41) is 2.83. The Kier molecular flexibility index (Phi) is 7.30. The van der Waals surface area contributed by atoms with E-state index in [-0.39, 0.29) is 17.9 Å². The molecular weight excluding hydrogens is 208 g/mol. The molecule has 0 saturated heterocycles. The molecule has 2 atom stereocenters. The minimum absolute atomic E-state index is 0.0752. The number of rotatable bonds is 7. The number of unbranched alkanes of at least 4 members (excludes halogenated alkanes) is 1. The topological polar surface area (TPSA) is 55.1 Å². The van der Waals surface area contributed by atoms with E-state index in [9.17, 15) is 4.79 Å². The number of carbonyl (C=O) groups excluding carboxylic acids is 1. The van der Waals surface area contributed by atoms with Crippen LogP contribution in [0.25, 0.3) is 0 Å². The highest BCUT2D eigenvalue weighted by Crippen LogP contribution is 2.12. The molecule has 4 heteroatoms. The molecule has 0 aromatic carbocycles. The van der Waals surface area contributed by atoms with Crippen molar-refractivity contribution in [2.75, 3.05) is 0 Å². The summed E-state index contributed by atoms with van der Waals surface area (Å²) in [7, 11) is 0. The maximum atomic E-state index is 11.8. The van der Waals surface area contributed by atoms with Gasteiger partial charge in [0.15, 0.2) is 0 Å². The zero-order valence-electron chi connectivity index (χ0n) is 9.88. The van der Waals surface area contributed by atoms with Crippen molar-refractivity contribution < 1.29 is 4.79 Å². The standard InChI is InChI=1S/C11H22N2OS/c1-4-6-7-9(5-2)11(14)13-8(3)10(12)15/h8-9H,4-7H2,1-3H3,(H2,12,15)(H,13,14). The fourth-order valence-electron chi connectivity index (χ4n) is 1.37. The van der Waals surface area contributed by atoms with Gasteiger partial charge in [-0.1, -0.05) is 38.9 Å². The van der Waals surface area contributed by atoms with Crippen LogP contribution >= 0.6 is 12.2 Å². The SMILES string of the molecule is CCCCC(CC)C(=O)NC(C)C(N)=S. The van der Waals surface area contributed by atoms with E-state index in [2.05, 4.69) is 12.2 Å². The normalized spacial score (nSPS) is 14.3. The van der Waals surface area contributed by atoms with E-state index < -0.39 is 0 Å². The molecule has 88 valence electrons. The van der Waals surface area contributed by atoms with Gasteiger partial charge in [-0.15, -0.1) is 0 Å². The Morgan fingerprint density at radius 1 is 1.47 bits per heavy atom. The van der Waals surface area contributed by atoms with Crippen LogP contribution in [0.15, 0.2) is 0 Å². The van der Waals surface area contributed by atoms with E-state index in [1.165, 1.54) is 0 Å². The molecule has 0 aliphatic heterocycles. The Bertz CT molecular complexity index is 219. The highest BCUT2D eigenvalue weighted by molar-refractivity contribution is 7.80. The highest BCUT2D eigenvalue weighted by atomic mass is 32.1. The van der Waals surface area contributed by atoms with Crippen LogP contribution in [-0.4, -0.2) is 16.9 Å². The second-order valence-corrected chi connectivity index (χ2v) is 4.35. The monoisotopic (exact) mass is 230 g/mol. The number of nitrogens with two attached hydrogens (primary N) is 1. The molecule has 0 saturated carbocycles. The molecule has 2 unspecified atom stereocenters. The van der Waals surface area contributed by atoms with Crippen molar-refractivity contribution in [1.82, 2.24) is 5.32 Å². The lowest BCUT2D eigenvalue weighted by Gasteiger charge is -2.18. The zero-order chi connectivity index (χ0) is 11.8. The lowest BCUT2D eigenvalue weighted by atomic mass is 9.98. The van der Waals surface area contributed by atoms with Gasteiger partial charge in [-0.25, -0.2) is 0 Å². The second-order valence-electron chi connectivity index (χ2n) is 3.88. The molecule has 0 aromatic rings. The van der Waals surface area contributed by atoms with Crippen LogP contribution in [0.2, 0.25) is 0 Å². The molecule has 0 aromatic heterocycles. The summed E-state index contributed by atoms with van der Waals surface area (Å²) >= 11 is 4.81. The number of carbonyl (C=O) groups is 1. The van der Waals surface area contributed by atoms with Gasteiger partial charge >= 0.3 is 0 Å². The number of nitrogens with one attached hydrogen (secondary N) is 1. The van der Waals surface area contributed by atoms with E-state index in [0.717, 1.165) is 25.7 Å². The third-order valence-electron chi connectivity index (χ3n) is 2.56. The van der Waals surface area contributed by atoms with E-state index in [0.29, 0.717) is 4.99 Å². The number of amides is 1. The van der Waals surface area contributed by atoms with Crippen molar-refractivity contribution >= 4 is 23.1 Å². The fraction of sp³-hybridized carbons (Fsp3) is 0.818. The van der Waals surface area contributed by atoms with Gasteiger partial charge in [0.05, 0.1) is 11.0 Å². The van der Waals surface area contributed by atoms with Gasteiger partial charge in [-0.2, -0.15) is 0 Å². The van der Waals surface area contributed by atoms with Gasteiger partial charge in [-0.05, 0) is 19.8 Å². The summed E-state index contributed by atoms with van der Waals surface area (Å²) in [5.74, 6) is 0.174. The van der Waals surface area contributed by atoms with Gasteiger partial charge < -0.3 is 11.1 Å². The maximum absolute atomic E-state index is 11.8. The number of thiocarbonyl (C=S) groups is 1. The molecule has 0 heterocycles. The summed E-state index contributed by atoms with van der Waals surface area (Å²) in [5.41, 5.74) is 5.44. The van der Waals surface area contributed by atoms with Gasteiger partial charge in [0.2, 0.25) is 5.91 Å². The van der Waals surface area contributed by atoms with Gasteiger partial charge in [0.1, 0.15) is 0 Å². The van der Waals surface area contributed by atoms with Gasteiger partial charge in [-0.3, -0.25) is 4.79 Å². The third-order valence-corrected chi connectivity index (χ3v) is 2.91. The molecule has 1 amide bonds. The van der Waals surface area contributed by atoms with Crippen molar-refractivity contribution in [3.8, 4) is 0 Å². The Labute approximate surface area is 97.8 Å². The molecule has 0 bridgehead atoms. The van der Waals surface area contributed by atoms with Crippen molar-refractivity contribution in [1.29, 1.82) is 0 Å². The Morgan fingerprint density at radius 3 is 2.47 bits per heavy atom. The van der Waals surface area contributed by atoms with Crippen LogP contribution < -0.4 is 11.1 Å². The molecule has 0 rings (SSSR count). The van der Waals surface area contributed by atoms with Gasteiger partial charge in [0.25, 0.3) is 0 Å². The summed E-state index contributed by atoms with van der Waals surface area (Å²) < 4.78 is 0. The largest absolute Gasteiger partial charge is 0.392 e. The quantitative estimate of drug-likeness (QED) is 0.658. The van der Waals surface area contributed by atoms with Crippen molar-refractivity contribution in [2.45, 2.75) is 52.5 Å². The zero-order valence-corrected chi connectivity index (χ0v) is 10.7. The van der Waals surface area contributed by atoms with Crippen LogP contribution in [0.1, 0.15) is 46.5 Å². The van der Waals surface area contributed by atoms with Crippen molar-refractivity contribution in [3.63, 3.8) is 0 Å². The third kappa shape index (κ3) is 5.72. The average Bonchev–Trinajstić information content (AvgIpc) is 2.18. The van der Waals surface area contributed by atoms with E-state index in [1.54, 1.807) is 0 Å². The first-order valence-electron chi connectivity index (χ1n) is 5.62. The molecule has 3 N–H and O–H groups in total. The lowest BCUT2D eigenvalue weighted by molar-refractivity contribution is -0.125. The fourth-order valence-corrected chi connectivity index (χ4v) is 1.43. The molecule has 0 radical (unpaired) electrons. The number of hydrogen-bond donors (Lipinski definition) is 2. The molecule has 0 aliphatic rings. The lowest BCUT2D eigenvalue weighted by Crippen LogP contribution is -2.43. The van der Waals surface area contributed by atoms with Crippen LogP contribution in [-0.2, 0) is 4.79 Å². The molecule has 0 aliphatic carbocycles. The van der Waals surface area contributed by atoms with Crippen LogP contribution in [0.5, 0.6) is 0 Å². The minimum Gasteiger partial charge on any atom is -0.392 e. The number of hydrogen-bond acceptors (Lipinski definition) is 2. The predicted octanol–water partition coefficient (Wildman–Crippen LogP) is 1.99. The molecule has 0 fully saturated rings. The maximum Gasteiger partial charge on any atom is 0.223 e. The first-order valence-corrected chi connectivity index (χ1v) is 6.03. The van der Waals surface area contributed by atoms with Crippen LogP contribution in [0.4, 0.5) is 0 Å². The summed E-state index contributed by atoms with van der Waals surface area (Å²) in [6.07, 6.45) is 4.03.